The summed E-state index contributed by atoms with van der Waals surface area (Å²) in [6.45, 7) is 5.69. The molecule has 1 aliphatic heterocycles. The number of rotatable bonds is 7. The highest BCUT2D eigenvalue weighted by Gasteiger charge is 2.12. The molecule has 1 saturated heterocycles. The van der Waals surface area contributed by atoms with Crippen molar-refractivity contribution in [3.05, 3.63) is 23.3 Å². The summed E-state index contributed by atoms with van der Waals surface area (Å²) in [5, 5.41) is 8.87. The van der Waals surface area contributed by atoms with E-state index in [1.165, 1.54) is 12.0 Å². The summed E-state index contributed by atoms with van der Waals surface area (Å²) >= 11 is 0. The van der Waals surface area contributed by atoms with Crippen LogP contribution >= 0.6 is 0 Å². The molecule has 1 heterocycles. The second-order valence-corrected chi connectivity index (χ2v) is 4.93. The number of hydrogen-bond donors (Lipinski definition) is 1. The van der Waals surface area contributed by atoms with Crippen LogP contribution in [0, 0.1) is 0 Å². The molecule has 1 unspecified atom stereocenters. The van der Waals surface area contributed by atoms with Crippen LogP contribution in [0.1, 0.15) is 46.0 Å². The average molecular weight is 254 g/mol. The van der Waals surface area contributed by atoms with Crippen molar-refractivity contribution < 1.29 is 14.6 Å². The van der Waals surface area contributed by atoms with Crippen molar-refractivity contribution in [1.82, 2.24) is 0 Å². The summed E-state index contributed by atoms with van der Waals surface area (Å²) in [5.74, 6) is 0. The number of aliphatic hydroxyl groups excluding tert-OH is 1. The van der Waals surface area contributed by atoms with Crippen LogP contribution in [0.2, 0.25) is 0 Å². The maximum atomic E-state index is 8.87. The minimum Gasteiger partial charge on any atom is -0.392 e. The molecule has 0 aromatic carbocycles. The molecule has 0 spiro atoms. The third-order valence-corrected chi connectivity index (χ3v) is 3.13. The zero-order chi connectivity index (χ0) is 13.2. The molecule has 0 aliphatic carbocycles. The van der Waals surface area contributed by atoms with Crippen molar-refractivity contribution in [1.29, 1.82) is 0 Å². The van der Waals surface area contributed by atoms with Crippen LogP contribution in [0.4, 0.5) is 0 Å². The van der Waals surface area contributed by atoms with Crippen LogP contribution in [-0.2, 0) is 9.47 Å². The lowest BCUT2D eigenvalue weighted by atomic mass is 10.1. The first-order valence-corrected chi connectivity index (χ1v) is 6.87. The number of ether oxygens (including phenoxy) is 2. The van der Waals surface area contributed by atoms with Gasteiger partial charge >= 0.3 is 0 Å². The standard InChI is InChI=1S/C15H26O3/c1-13(6-5-7-14(2)12-16)9-11-18-15-8-3-4-10-17-15/h7,9,15-16H,3-6,8,10-12H2,1-2H3. The Morgan fingerprint density at radius 1 is 1.28 bits per heavy atom. The summed E-state index contributed by atoms with van der Waals surface area (Å²) in [4.78, 5) is 0. The van der Waals surface area contributed by atoms with Crippen molar-refractivity contribution in [2.75, 3.05) is 19.8 Å². The van der Waals surface area contributed by atoms with Gasteiger partial charge in [-0.3, -0.25) is 0 Å². The highest BCUT2D eigenvalue weighted by molar-refractivity contribution is 5.03. The molecule has 0 aromatic rings. The highest BCUT2D eigenvalue weighted by atomic mass is 16.7. The molecule has 0 radical (unpaired) electrons. The van der Waals surface area contributed by atoms with E-state index in [0.717, 1.165) is 37.9 Å². The predicted octanol–water partition coefficient (Wildman–Crippen LogP) is 3.19. The van der Waals surface area contributed by atoms with E-state index in [4.69, 9.17) is 14.6 Å². The molecule has 18 heavy (non-hydrogen) atoms. The first-order valence-electron chi connectivity index (χ1n) is 6.87. The number of hydrogen-bond acceptors (Lipinski definition) is 3. The Bertz CT molecular complexity index is 275. The number of aliphatic hydroxyl groups is 1. The van der Waals surface area contributed by atoms with Crippen molar-refractivity contribution in [2.45, 2.75) is 52.2 Å². The Morgan fingerprint density at radius 3 is 2.78 bits per heavy atom. The molecule has 1 N–H and O–H groups in total. The second-order valence-electron chi connectivity index (χ2n) is 4.93. The van der Waals surface area contributed by atoms with E-state index in [1.807, 2.05) is 6.92 Å². The van der Waals surface area contributed by atoms with Gasteiger partial charge in [0.25, 0.3) is 0 Å². The van der Waals surface area contributed by atoms with Gasteiger partial charge in [0, 0.05) is 6.61 Å². The number of allylic oxidation sites excluding steroid dienone is 2. The Labute approximate surface area is 110 Å². The lowest BCUT2D eigenvalue weighted by Crippen LogP contribution is -2.22. The van der Waals surface area contributed by atoms with Gasteiger partial charge in [0.2, 0.25) is 0 Å². The molecular formula is C15H26O3. The Morgan fingerprint density at radius 2 is 2.11 bits per heavy atom. The quantitative estimate of drug-likeness (QED) is 0.709. The van der Waals surface area contributed by atoms with Crippen molar-refractivity contribution in [3.8, 4) is 0 Å². The topological polar surface area (TPSA) is 38.7 Å². The normalized spacial score (nSPS) is 22.3. The Kier molecular flexibility index (Phi) is 7.98. The summed E-state index contributed by atoms with van der Waals surface area (Å²) < 4.78 is 11.1. The zero-order valence-electron chi connectivity index (χ0n) is 11.7. The van der Waals surface area contributed by atoms with Crippen LogP contribution in [0.3, 0.4) is 0 Å². The summed E-state index contributed by atoms with van der Waals surface area (Å²) in [5.41, 5.74) is 2.36. The minimum atomic E-state index is -0.000621. The molecule has 0 aromatic heterocycles. The second kappa shape index (κ2) is 9.31. The summed E-state index contributed by atoms with van der Waals surface area (Å²) in [6.07, 6.45) is 9.60. The zero-order valence-corrected chi connectivity index (χ0v) is 11.7. The predicted molar refractivity (Wildman–Crippen MR) is 73.4 cm³/mol. The molecule has 1 fully saturated rings. The van der Waals surface area contributed by atoms with Crippen molar-refractivity contribution in [3.63, 3.8) is 0 Å². The smallest absolute Gasteiger partial charge is 0.157 e. The van der Waals surface area contributed by atoms with Crippen LogP contribution < -0.4 is 0 Å². The van der Waals surface area contributed by atoms with E-state index in [0.29, 0.717) is 6.61 Å². The van der Waals surface area contributed by atoms with Gasteiger partial charge in [-0.1, -0.05) is 23.3 Å². The van der Waals surface area contributed by atoms with E-state index in [9.17, 15) is 0 Å². The molecule has 3 nitrogen and oxygen atoms in total. The van der Waals surface area contributed by atoms with Gasteiger partial charge in [-0.2, -0.15) is 0 Å². The minimum absolute atomic E-state index is 0.000621. The van der Waals surface area contributed by atoms with E-state index in [2.05, 4.69) is 19.1 Å². The van der Waals surface area contributed by atoms with Crippen LogP contribution in [-0.4, -0.2) is 31.2 Å². The fraction of sp³-hybridized carbons (Fsp3) is 0.733. The maximum absolute atomic E-state index is 8.87. The van der Waals surface area contributed by atoms with Crippen molar-refractivity contribution in [2.24, 2.45) is 0 Å². The van der Waals surface area contributed by atoms with Gasteiger partial charge in [-0.25, -0.2) is 0 Å². The summed E-state index contributed by atoms with van der Waals surface area (Å²) in [6, 6.07) is 0. The molecule has 1 aliphatic rings. The van der Waals surface area contributed by atoms with Gasteiger partial charge in [0.15, 0.2) is 6.29 Å². The van der Waals surface area contributed by atoms with Gasteiger partial charge in [-0.05, 0) is 46.0 Å². The van der Waals surface area contributed by atoms with Gasteiger partial charge in [-0.15, -0.1) is 0 Å². The third kappa shape index (κ3) is 6.94. The van der Waals surface area contributed by atoms with Crippen LogP contribution in [0.15, 0.2) is 23.3 Å². The molecule has 0 amide bonds. The fourth-order valence-electron chi connectivity index (χ4n) is 1.85. The molecule has 1 atom stereocenters. The first-order chi connectivity index (χ1) is 8.72. The highest BCUT2D eigenvalue weighted by Crippen LogP contribution is 2.14. The van der Waals surface area contributed by atoms with E-state index < -0.39 is 0 Å². The maximum Gasteiger partial charge on any atom is 0.157 e. The molecule has 1 rings (SSSR count). The van der Waals surface area contributed by atoms with Crippen molar-refractivity contribution >= 4 is 0 Å². The lowest BCUT2D eigenvalue weighted by Gasteiger charge is -2.22. The molecule has 3 heteroatoms. The molecule has 0 saturated carbocycles. The third-order valence-electron chi connectivity index (χ3n) is 3.13. The first kappa shape index (κ1) is 15.4. The largest absolute Gasteiger partial charge is 0.392 e. The Balaban J connectivity index is 2.12. The molecular weight excluding hydrogens is 228 g/mol. The SMILES string of the molecule is CC(=CCCC(C)=CCOC1CCCCO1)CO. The van der Waals surface area contributed by atoms with Gasteiger partial charge in [0.1, 0.15) is 0 Å². The lowest BCUT2D eigenvalue weighted by molar-refractivity contribution is -0.155. The van der Waals surface area contributed by atoms with Gasteiger partial charge < -0.3 is 14.6 Å². The Hall–Kier alpha value is -0.640. The fourth-order valence-corrected chi connectivity index (χ4v) is 1.85. The van der Waals surface area contributed by atoms with Crippen LogP contribution in [0.5, 0.6) is 0 Å². The molecule has 0 bridgehead atoms. The molecule has 104 valence electrons. The average Bonchev–Trinajstić information content (AvgIpc) is 2.39. The van der Waals surface area contributed by atoms with E-state index >= 15 is 0 Å². The van der Waals surface area contributed by atoms with Crippen LogP contribution in [0.25, 0.3) is 0 Å². The van der Waals surface area contributed by atoms with E-state index in [1.54, 1.807) is 0 Å². The van der Waals surface area contributed by atoms with Gasteiger partial charge in [0.05, 0.1) is 13.2 Å². The summed E-state index contributed by atoms with van der Waals surface area (Å²) in [7, 11) is 0. The van der Waals surface area contributed by atoms with E-state index in [-0.39, 0.29) is 12.9 Å². The monoisotopic (exact) mass is 254 g/mol.